The van der Waals surface area contributed by atoms with Crippen molar-refractivity contribution in [2.24, 2.45) is 11.3 Å². The molecule has 1 heterocycles. The van der Waals surface area contributed by atoms with Gasteiger partial charge in [0, 0.05) is 9.70 Å². The zero-order chi connectivity index (χ0) is 10.9. The highest BCUT2D eigenvalue weighted by Gasteiger charge is 2.38. The second kappa shape index (κ2) is 4.58. The fraction of sp³-hybridized carbons (Fsp3) is 0.692. The molecule has 1 saturated carbocycles. The summed E-state index contributed by atoms with van der Waals surface area (Å²) in [6.45, 7) is 4.85. The maximum atomic E-state index is 3.91. The fourth-order valence-electron chi connectivity index (χ4n) is 2.79. The Morgan fingerprint density at radius 1 is 1.60 bits per heavy atom. The maximum absolute atomic E-state index is 3.91. The molecule has 2 atom stereocenters. The first-order valence-corrected chi connectivity index (χ1v) is 7.55. The molecule has 1 fully saturated rings. The Bertz CT molecular complexity index is 302. The van der Waals surface area contributed by atoms with Crippen LogP contribution in [0.1, 0.15) is 38.0 Å². The van der Waals surface area contributed by atoms with Crippen molar-refractivity contribution in [1.82, 2.24) is 0 Å². The van der Waals surface area contributed by atoms with Crippen molar-refractivity contribution >= 4 is 27.3 Å². The van der Waals surface area contributed by atoms with Crippen LogP contribution in [0.3, 0.4) is 0 Å². The Hall–Kier alpha value is 0.180. The Balaban J connectivity index is 1.99. The van der Waals surface area contributed by atoms with Crippen LogP contribution in [0.2, 0.25) is 0 Å². The van der Waals surface area contributed by atoms with Crippen molar-refractivity contribution in [1.29, 1.82) is 0 Å². The molecule has 1 aromatic heterocycles. The normalized spacial score (nSPS) is 26.7. The SMILES string of the molecule is CC1(C)CCCC1C(Br)Cc1cccs1. The van der Waals surface area contributed by atoms with E-state index in [-0.39, 0.29) is 0 Å². The quantitative estimate of drug-likeness (QED) is 0.695. The fourth-order valence-corrected chi connectivity index (χ4v) is 5.10. The summed E-state index contributed by atoms with van der Waals surface area (Å²) in [5.74, 6) is 0.847. The molecule has 84 valence electrons. The topological polar surface area (TPSA) is 0 Å². The van der Waals surface area contributed by atoms with Gasteiger partial charge in [0.2, 0.25) is 0 Å². The summed E-state index contributed by atoms with van der Waals surface area (Å²) >= 11 is 5.79. The number of alkyl halides is 1. The van der Waals surface area contributed by atoms with Gasteiger partial charge in [-0.2, -0.15) is 0 Å². The van der Waals surface area contributed by atoms with Crippen LogP contribution in [0.15, 0.2) is 17.5 Å². The number of hydrogen-bond acceptors (Lipinski definition) is 1. The zero-order valence-corrected chi connectivity index (χ0v) is 11.9. The lowest BCUT2D eigenvalue weighted by Gasteiger charge is -2.30. The van der Waals surface area contributed by atoms with Crippen LogP contribution in [0.25, 0.3) is 0 Å². The molecule has 1 aromatic rings. The molecule has 2 heteroatoms. The van der Waals surface area contributed by atoms with Crippen LogP contribution in [-0.4, -0.2) is 4.83 Å². The number of halogens is 1. The lowest BCUT2D eigenvalue weighted by molar-refractivity contribution is 0.255. The standard InChI is InChI=1S/C13H19BrS/c1-13(2)7-3-6-11(13)12(14)9-10-5-4-8-15-10/h4-5,8,11-12H,3,6-7,9H2,1-2H3. The van der Waals surface area contributed by atoms with E-state index >= 15 is 0 Å². The molecular weight excluding hydrogens is 268 g/mol. The first-order chi connectivity index (χ1) is 7.09. The lowest BCUT2D eigenvalue weighted by Crippen LogP contribution is -2.27. The average Bonchev–Trinajstić information content (AvgIpc) is 2.73. The van der Waals surface area contributed by atoms with Crippen LogP contribution in [-0.2, 0) is 6.42 Å². The summed E-state index contributed by atoms with van der Waals surface area (Å²) in [6, 6.07) is 4.40. The average molecular weight is 287 g/mol. The van der Waals surface area contributed by atoms with Gasteiger partial charge in [0.1, 0.15) is 0 Å². The molecule has 15 heavy (non-hydrogen) atoms. The molecule has 1 aliphatic rings. The molecule has 0 aromatic carbocycles. The highest BCUT2D eigenvalue weighted by atomic mass is 79.9. The van der Waals surface area contributed by atoms with E-state index < -0.39 is 0 Å². The van der Waals surface area contributed by atoms with Crippen molar-refractivity contribution in [3.8, 4) is 0 Å². The van der Waals surface area contributed by atoms with Crippen LogP contribution in [0, 0.1) is 11.3 Å². The van der Waals surface area contributed by atoms with Gasteiger partial charge in [0.05, 0.1) is 0 Å². The lowest BCUT2D eigenvalue weighted by atomic mass is 9.79. The van der Waals surface area contributed by atoms with Crippen molar-refractivity contribution in [2.75, 3.05) is 0 Å². The predicted molar refractivity (Wildman–Crippen MR) is 71.9 cm³/mol. The van der Waals surface area contributed by atoms with Crippen LogP contribution in [0.5, 0.6) is 0 Å². The van der Waals surface area contributed by atoms with E-state index in [1.807, 2.05) is 11.3 Å². The van der Waals surface area contributed by atoms with Crippen LogP contribution >= 0.6 is 27.3 Å². The summed E-state index contributed by atoms with van der Waals surface area (Å²) in [5.41, 5.74) is 0.533. The molecule has 1 aliphatic carbocycles. The van der Waals surface area contributed by atoms with Crippen molar-refractivity contribution < 1.29 is 0 Å². The number of rotatable bonds is 3. The molecule has 2 rings (SSSR count). The third-order valence-electron chi connectivity index (χ3n) is 3.75. The Labute approximate surface area is 105 Å². The monoisotopic (exact) mass is 286 g/mol. The van der Waals surface area contributed by atoms with Gasteiger partial charge < -0.3 is 0 Å². The molecule has 0 spiro atoms. The van der Waals surface area contributed by atoms with E-state index in [1.54, 1.807) is 0 Å². The molecule has 0 saturated heterocycles. The third-order valence-corrected chi connectivity index (χ3v) is 5.61. The number of hydrogen-bond donors (Lipinski definition) is 0. The van der Waals surface area contributed by atoms with Crippen molar-refractivity contribution in [2.45, 2.75) is 44.4 Å². The minimum Gasteiger partial charge on any atom is -0.149 e. The van der Waals surface area contributed by atoms with E-state index in [2.05, 4.69) is 47.3 Å². The third kappa shape index (κ3) is 2.65. The van der Waals surface area contributed by atoms with Gasteiger partial charge >= 0.3 is 0 Å². The van der Waals surface area contributed by atoms with E-state index in [1.165, 1.54) is 30.6 Å². The van der Waals surface area contributed by atoms with E-state index in [9.17, 15) is 0 Å². The molecular formula is C13H19BrS. The molecule has 0 bridgehead atoms. The van der Waals surface area contributed by atoms with Crippen molar-refractivity contribution in [3.63, 3.8) is 0 Å². The maximum Gasteiger partial charge on any atom is 0.0227 e. The molecule has 0 nitrogen and oxygen atoms in total. The zero-order valence-electron chi connectivity index (χ0n) is 9.50. The Kier molecular flexibility index (Phi) is 3.56. The second-order valence-electron chi connectivity index (χ2n) is 5.29. The molecule has 0 amide bonds. The Morgan fingerprint density at radius 3 is 2.93 bits per heavy atom. The van der Waals surface area contributed by atoms with Gasteiger partial charge in [-0.05, 0) is 42.0 Å². The first kappa shape index (κ1) is 11.7. The van der Waals surface area contributed by atoms with Gasteiger partial charge in [-0.25, -0.2) is 0 Å². The second-order valence-corrected chi connectivity index (χ2v) is 7.50. The van der Waals surface area contributed by atoms with E-state index in [0.29, 0.717) is 10.2 Å². The minimum atomic E-state index is 0.533. The highest BCUT2D eigenvalue weighted by molar-refractivity contribution is 9.09. The Morgan fingerprint density at radius 2 is 2.40 bits per heavy atom. The predicted octanol–water partition coefficient (Wildman–Crippen LogP) is 4.88. The molecule has 0 aliphatic heterocycles. The van der Waals surface area contributed by atoms with Gasteiger partial charge in [-0.15, -0.1) is 11.3 Å². The first-order valence-electron chi connectivity index (χ1n) is 5.76. The van der Waals surface area contributed by atoms with Crippen molar-refractivity contribution in [3.05, 3.63) is 22.4 Å². The van der Waals surface area contributed by atoms with Gasteiger partial charge in [-0.3, -0.25) is 0 Å². The summed E-state index contributed by atoms with van der Waals surface area (Å²) in [5, 5.41) is 2.18. The van der Waals surface area contributed by atoms with Gasteiger partial charge in [-0.1, -0.05) is 42.3 Å². The van der Waals surface area contributed by atoms with Crippen LogP contribution in [0.4, 0.5) is 0 Å². The minimum absolute atomic E-state index is 0.533. The summed E-state index contributed by atoms with van der Waals surface area (Å²) < 4.78 is 0. The summed E-state index contributed by atoms with van der Waals surface area (Å²) in [6.07, 6.45) is 5.40. The summed E-state index contributed by atoms with van der Waals surface area (Å²) in [4.78, 5) is 2.17. The largest absolute Gasteiger partial charge is 0.149 e. The van der Waals surface area contributed by atoms with Gasteiger partial charge in [0.25, 0.3) is 0 Å². The molecule has 2 unspecified atom stereocenters. The van der Waals surface area contributed by atoms with E-state index in [0.717, 1.165) is 5.92 Å². The van der Waals surface area contributed by atoms with Crippen LogP contribution < -0.4 is 0 Å². The van der Waals surface area contributed by atoms with Gasteiger partial charge in [0.15, 0.2) is 0 Å². The number of thiophene rings is 1. The smallest absolute Gasteiger partial charge is 0.0227 e. The highest BCUT2D eigenvalue weighted by Crippen LogP contribution is 2.47. The molecule has 0 radical (unpaired) electrons. The summed E-state index contributed by atoms with van der Waals surface area (Å²) in [7, 11) is 0. The van der Waals surface area contributed by atoms with E-state index in [4.69, 9.17) is 0 Å². The molecule has 0 N–H and O–H groups in total.